The number of aliphatic hydroxyl groups is 4. The molecule has 4 N–H and O–H groups in total. The van der Waals surface area contributed by atoms with Crippen molar-refractivity contribution in [2.45, 2.75) is 70.9 Å². The fourth-order valence-corrected chi connectivity index (χ4v) is 4.20. The molecule has 1 aromatic carbocycles. The molecule has 0 unspecified atom stereocenters. The summed E-state index contributed by atoms with van der Waals surface area (Å²) in [6.45, 7) is 7.47. The maximum absolute atomic E-state index is 12.8. The topological polar surface area (TPSA) is 125 Å². The molecule has 0 fully saturated rings. The van der Waals surface area contributed by atoms with Crippen LogP contribution in [0.2, 0.25) is 0 Å². The Hall–Kier alpha value is -2.00. The van der Waals surface area contributed by atoms with Gasteiger partial charge in [0.2, 0.25) is 0 Å². The molecular formula is C20H28N2O6. The number of rotatable bonds is 5. The molecule has 0 aliphatic carbocycles. The lowest BCUT2D eigenvalue weighted by Gasteiger charge is -2.36. The largest absolute Gasteiger partial charge is 0.394 e. The standard InChI is InChI=1S/C20H28N2O6/c1-10-7-12-16-15(11(10)2)20(3,4)5-6-21(16)18(27)19(28)22(12)8-13(24)17(26)14(25)9-23/h7,13-14,17,23-26H,5-6,8-9H2,1-4H3/t13-,14+,17-/m0/s1. The number of aryl methyl sites for hydroxylation is 2. The molecule has 1 aromatic heterocycles. The first kappa shape index (κ1) is 20.7. The first-order valence-corrected chi connectivity index (χ1v) is 9.44. The minimum Gasteiger partial charge on any atom is -0.394 e. The number of aliphatic hydroxyl groups excluding tert-OH is 4. The van der Waals surface area contributed by atoms with Gasteiger partial charge in [0.25, 0.3) is 0 Å². The lowest BCUT2D eigenvalue weighted by molar-refractivity contribution is -0.0805. The Kier molecular flexibility index (Phi) is 5.26. The maximum Gasteiger partial charge on any atom is 0.317 e. The van der Waals surface area contributed by atoms with E-state index in [1.54, 1.807) is 0 Å². The van der Waals surface area contributed by atoms with Crippen LogP contribution in [0, 0.1) is 13.8 Å². The van der Waals surface area contributed by atoms with E-state index in [1.165, 1.54) is 9.13 Å². The highest BCUT2D eigenvalue weighted by atomic mass is 16.4. The van der Waals surface area contributed by atoms with Crippen LogP contribution in [0.25, 0.3) is 11.0 Å². The Morgan fingerprint density at radius 1 is 1.11 bits per heavy atom. The van der Waals surface area contributed by atoms with Crippen molar-refractivity contribution in [2.24, 2.45) is 0 Å². The lowest BCUT2D eigenvalue weighted by atomic mass is 9.75. The van der Waals surface area contributed by atoms with Gasteiger partial charge in [0.15, 0.2) is 0 Å². The molecule has 0 saturated heterocycles. The van der Waals surface area contributed by atoms with E-state index in [0.29, 0.717) is 17.6 Å². The molecule has 2 heterocycles. The minimum atomic E-state index is -1.65. The summed E-state index contributed by atoms with van der Waals surface area (Å²) in [5, 5.41) is 38.8. The van der Waals surface area contributed by atoms with Crippen molar-refractivity contribution >= 4 is 11.0 Å². The van der Waals surface area contributed by atoms with Gasteiger partial charge in [-0.05, 0) is 48.4 Å². The Balaban J connectivity index is 2.31. The first-order chi connectivity index (χ1) is 13.0. The van der Waals surface area contributed by atoms with Gasteiger partial charge in [0.1, 0.15) is 18.3 Å². The van der Waals surface area contributed by atoms with Gasteiger partial charge in [-0.15, -0.1) is 0 Å². The molecule has 154 valence electrons. The van der Waals surface area contributed by atoms with Crippen LogP contribution in [0.15, 0.2) is 15.7 Å². The van der Waals surface area contributed by atoms with E-state index in [2.05, 4.69) is 13.8 Å². The van der Waals surface area contributed by atoms with E-state index in [0.717, 1.165) is 23.1 Å². The summed E-state index contributed by atoms with van der Waals surface area (Å²) in [4.78, 5) is 25.5. The fraction of sp³-hybridized carbons (Fsp3) is 0.600. The molecule has 8 nitrogen and oxygen atoms in total. The minimum absolute atomic E-state index is 0.186. The van der Waals surface area contributed by atoms with Gasteiger partial charge in [0.05, 0.1) is 24.2 Å². The molecule has 0 amide bonds. The third-order valence-corrected chi connectivity index (χ3v) is 6.02. The second-order valence-electron chi connectivity index (χ2n) is 8.38. The third-order valence-electron chi connectivity index (χ3n) is 6.02. The summed E-state index contributed by atoms with van der Waals surface area (Å²) in [6, 6.07) is 1.81. The highest BCUT2D eigenvalue weighted by Gasteiger charge is 2.34. The smallest absolute Gasteiger partial charge is 0.317 e. The number of nitrogens with zero attached hydrogens (tertiary/aromatic N) is 2. The zero-order valence-corrected chi connectivity index (χ0v) is 16.6. The molecule has 28 heavy (non-hydrogen) atoms. The van der Waals surface area contributed by atoms with Crippen LogP contribution in [0.3, 0.4) is 0 Å². The zero-order valence-electron chi connectivity index (χ0n) is 16.6. The second kappa shape index (κ2) is 7.11. The van der Waals surface area contributed by atoms with Crippen LogP contribution in [0.1, 0.15) is 37.0 Å². The van der Waals surface area contributed by atoms with E-state index in [1.807, 2.05) is 19.9 Å². The predicted octanol–water partition coefficient (Wildman–Crippen LogP) is -0.464. The van der Waals surface area contributed by atoms with Crippen LogP contribution >= 0.6 is 0 Å². The fourth-order valence-electron chi connectivity index (χ4n) is 4.20. The van der Waals surface area contributed by atoms with E-state index in [-0.39, 0.29) is 12.0 Å². The van der Waals surface area contributed by atoms with Crippen molar-refractivity contribution in [1.82, 2.24) is 9.13 Å². The number of hydrogen-bond acceptors (Lipinski definition) is 6. The number of aromatic nitrogens is 2. The molecule has 0 radical (unpaired) electrons. The average molecular weight is 392 g/mol. The number of benzene rings is 1. The Labute approximate surface area is 162 Å². The first-order valence-electron chi connectivity index (χ1n) is 9.44. The molecule has 3 rings (SSSR count). The van der Waals surface area contributed by atoms with Crippen molar-refractivity contribution < 1.29 is 20.4 Å². The van der Waals surface area contributed by atoms with E-state index < -0.39 is 36.0 Å². The van der Waals surface area contributed by atoms with Crippen molar-refractivity contribution in [2.75, 3.05) is 6.61 Å². The SMILES string of the molecule is Cc1cc2c3c(c1C)C(C)(C)CCn3c(=O)c(=O)n2C[C@H](O)[C@H](O)[C@H](O)CO. The van der Waals surface area contributed by atoms with Gasteiger partial charge in [-0.1, -0.05) is 13.8 Å². The van der Waals surface area contributed by atoms with Crippen molar-refractivity contribution in [3.63, 3.8) is 0 Å². The molecule has 0 bridgehead atoms. The van der Waals surface area contributed by atoms with Crippen molar-refractivity contribution in [1.29, 1.82) is 0 Å². The Morgan fingerprint density at radius 2 is 1.75 bits per heavy atom. The summed E-state index contributed by atoms with van der Waals surface area (Å²) in [6.07, 6.45) is -3.99. The molecule has 8 heteroatoms. The average Bonchev–Trinajstić information content (AvgIpc) is 2.65. The van der Waals surface area contributed by atoms with Crippen LogP contribution in [-0.2, 0) is 18.5 Å². The maximum atomic E-state index is 12.8. The molecule has 0 spiro atoms. The second-order valence-corrected chi connectivity index (χ2v) is 8.38. The molecule has 3 atom stereocenters. The predicted molar refractivity (Wildman–Crippen MR) is 105 cm³/mol. The van der Waals surface area contributed by atoms with Gasteiger partial charge in [-0.25, -0.2) is 0 Å². The summed E-state index contributed by atoms with van der Waals surface area (Å²) >= 11 is 0. The molecule has 0 saturated carbocycles. The number of hydrogen-bond donors (Lipinski definition) is 4. The summed E-state index contributed by atoms with van der Waals surface area (Å²) in [7, 11) is 0. The van der Waals surface area contributed by atoms with Crippen LogP contribution < -0.4 is 11.1 Å². The van der Waals surface area contributed by atoms with Crippen LogP contribution in [0.4, 0.5) is 0 Å². The highest BCUT2D eigenvalue weighted by molar-refractivity contribution is 5.83. The molecular weight excluding hydrogens is 364 g/mol. The van der Waals surface area contributed by atoms with Crippen LogP contribution in [0.5, 0.6) is 0 Å². The molecule has 1 aliphatic rings. The van der Waals surface area contributed by atoms with Crippen LogP contribution in [-0.4, -0.2) is 54.5 Å². The third kappa shape index (κ3) is 3.10. The van der Waals surface area contributed by atoms with E-state index in [9.17, 15) is 24.9 Å². The summed E-state index contributed by atoms with van der Waals surface area (Å²) in [5.74, 6) is 0. The van der Waals surface area contributed by atoms with Crippen molar-refractivity contribution in [3.8, 4) is 0 Å². The summed E-state index contributed by atoms with van der Waals surface area (Å²) in [5.41, 5.74) is 2.57. The van der Waals surface area contributed by atoms with Crippen molar-refractivity contribution in [3.05, 3.63) is 43.5 Å². The van der Waals surface area contributed by atoms with Gasteiger partial charge in [-0.2, -0.15) is 0 Å². The van der Waals surface area contributed by atoms with Gasteiger partial charge >= 0.3 is 11.1 Å². The normalized spacial score (nSPS) is 18.9. The monoisotopic (exact) mass is 392 g/mol. The Bertz CT molecular complexity index is 1040. The lowest BCUT2D eigenvalue weighted by Crippen LogP contribution is -2.48. The Morgan fingerprint density at radius 3 is 2.36 bits per heavy atom. The molecule has 1 aliphatic heterocycles. The zero-order chi connectivity index (χ0) is 21.0. The molecule has 2 aromatic rings. The summed E-state index contributed by atoms with van der Waals surface area (Å²) < 4.78 is 2.68. The van der Waals surface area contributed by atoms with E-state index >= 15 is 0 Å². The van der Waals surface area contributed by atoms with Gasteiger partial charge in [0, 0.05) is 6.54 Å². The highest BCUT2D eigenvalue weighted by Crippen LogP contribution is 2.39. The van der Waals surface area contributed by atoms with Gasteiger partial charge < -0.3 is 25.0 Å². The van der Waals surface area contributed by atoms with Gasteiger partial charge in [-0.3, -0.25) is 14.2 Å². The van der Waals surface area contributed by atoms with E-state index in [4.69, 9.17) is 5.11 Å². The quantitative estimate of drug-likeness (QED) is 0.510.